The first kappa shape index (κ1) is 14.9. The molecule has 0 aliphatic rings. The number of hydrogen-bond acceptors (Lipinski definition) is 5. The lowest BCUT2D eigenvalue weighted by atomic mass is 10.1. The van der Waals surface area contributed by atoms with Gasteiger partial charge in [0, 0.05) is 12.4 Å². The van der Waals surface area contributed by atoms with E-state index in [-0.39, 0.29) is 0 Å². The number of hydrogen-bond donors (Lipinski definition) is 1. The maximum atomic E-state index is 11.4. The van der Waals surface area contributed by atoms with Crippen LogP contribution in [-0.2, 0) is 6.42 Å². The van der Waals surface area contributed by atoms with Gasteiger partial charge in [0.25, 0.3) is 0 Å². The molecule has 0 aliphatic carbocycles. The summed E-state index contributed by atoms with van der Waals surface area (Å²) in [7, 11) is 0. The average molecular weight is 307 g/mol. The van der Waals surface area contributed by atoms with E-state index in [9.17, 15) is 4.79 Å². The lowest BCUT2D eigenvalue weighted by molar-refractivity contribution is 0.100. The zero-order valence-electron chi connectivity index (χ0n) is 12.3. The Morgan fingerprint density at radius 2 is 2.04 bits per heavy atom. The molecule has 0 bridgehead atoms. The molecule has 0 spiro atoms. The average Bonchev–Trinajstić information content (AvgIpc) is 3.04. The summed E-state index contributed by atoms with van der Waals surface area (Å²) in [6, 6.07) is 11.7. The second kappa shape index (κ2) is 6.83. The summed E-state index contributed by atoms with van der Waals surface area (Å²) in [6.45, 7) is 0. The fourth-order valence-electron chi connectivity index (χ4n) is 2.22. The van der Waals surface area contributed by atoms with Gasteiger partial charge in [-0.05, 0) is 24.5 Å². The number of carbonyl (C=O) groups is 1. The zero-order chi connectivity index (χ0) is 16.1. The van der Waals surface area contributed by atoms with Crippen LogP contribution in [0.5, 0.6) is 0 Å². The maximum Gasteiger partial charge on any atom is 0.249 e. The second-order valence-corrected chi connectivity index (χ2v) is 4.97. The van der Waals surface area contributed by atoms with Crippen LogP contribution in [0, 0.1) is 6.42 Å². The largest absolute Gasteiger partial charge is 0.366 e. The van der Waals surface area contributed by atoms with Crippen molar-refractivity contribution >= 4 is 5.91 Å². The Morgan fingerprint density at radius 3 is 2.83 bits per heavy atom. The van der Waals surface area contributed by atoms with Gasteiger partial charge >= 0.3 is 0 Å². The molecule has 1 radical (unpaired) electrons. The molecule has 3 rings (SSSR count). The third kappa shape index (κ3) is 3.60. The van der Waals surface area contributed by atoms with Crippen LogP contribution in [0.25, 0.3) is 11.4 Å². The fraction of sp³-hybridized carbons (Fsp3) is 0.118. The molecule has 0 aliphatic heterocycles. The van der Waals surface area contributed by atoms with Gasteiger partial charge in [-0.1, -0.05) is 35.5 Å². The number of carbonyl (C=O) groups excluding carboxylic acids is 1. The van der Waals surface area contributed by atoms with Crippen molar-refractivity contribution in [1.82, 2.24) is 15.1 Å². The van der Waals surface area contributed by atoms with Crippen molar-refractivity contribution in [2.75, 3.05) is 0 Å². The first-order chi connectivity index (χ1) is 11.2. The molecular formula is C17H15N4O2. The molecule has 2 heterocycles. The molecule has 0 unspecified atom stereocenters. The number of aryl methyl sites for hydroxylation is 1. The van der Waals surface area contributed by atoms with E-state index in [0.29, 0.717) is 22.8 Å². The molecule has 6 nitrogen and oxygen atoms in total. The highest BCUT2D eigenvalue weighted by Crippen LogP contribution is 2.20. The van der Waals surface area contributed by atoms with Crippen LogP contribution >= 0.6 is 0 Å². The van der Waals surface area contributed by atoms with E-state index in [0.717, 1.165) is 12.8 Å². The molecule has 0 fully saturated rings. The van der Waals surface area contributed by atoms with Gasteiger partial charge in [0.05, 0.1) is 17.5 Å². The third-order valence-electron chi connectivity index (χ3n) is 3.36. The van der Waals surface area contributed by atoms with Gasteiger partial charge in [-0.3, -0.25) is 9.78 Å². The van der Waals surface area contributed by atoms with Crippen molar-refractivity contribution in [3.05, 3.63) is 72.2 Å². The number of primary amides is 1. The number of nitrogens with zero attached hydrogens (tertiary/aromatic N) is 3. The molecule has 23 heavy (non-hydrogen) atoms. The van der Waals surface area contributed by atoms with Gasteiger partial charge in [0.1, 0.15) is 0 Å². The lowest BCUT2D eigenvalue weighted by Gasteiger charge is -2.00. The third-order valence-corrected chi connectivity index (χ3v) is 3.36. The molecule has 2 N–H and O–H groups in total. The highest BCUT2D eigenvalue weighted by Gasteiger charge is 2.15. The minimum Gasteiger partial charge on any atom is -0.366 e. The standard InChI is InChI=1S/C17H15N4O2/c18-16(22)13-9-10-19-11-14(13)17-20-15(23-21-17)8-4-7-12-5-2-1-3-6-12/h1-3,5-6,8-11H,4,7H2,(H2,18,22). The number of pyridine rings is 1. The van der Waals surface area contributed by atoms with E-state index in [1.54, 1.807) is 0 Å². The molecule has 0 saturated heterocycles. The van der Waals surface area contributed by atoms with Gasteiger partial charge < -0.3 is 10.3 Å². The fourth-order valence-corrected chi connectivity index (χ4v) is 2.22. The summed E-state index contributed by atoms with van der Waals surface area (Å²) in [5, 5.41) is 3.89. The summed E-state index contributed by atoms with van der Waals surface area (Å²) in [6.07, 6.45) is 6.53. The Kier molecular flexibility index (Phi) is 4.42. The number of rotatable bonds is 6. The zero-order valence-corrected chi connectivity index (χ0v) is 12.3. The molecule has 6 heteroatoms. The first-order valence-electron chi connectivity index (χ1n) is 7.19. The van der Waals surface area contributed by atoms with E-state index in [2.05, 4.69) is 27.3 Å². The summed E-state index contributed by atoms with van der Waals surface area (Å²) in [5.41, 5.74) is 7.37. The molecular weight excluding hydrogens is 292 g/mol. The van der Waals surface area contributed by atoms with E-state index in [1.165, 1.54) is 24.0 Å². The van der Waals surface area contributed by atoms with Gasteiger partial charge in [-0.2, -0.15) is 4.98 Å². The number of amides is 1. The quantitative estimate of drug-likeness (QED) is 0.754. The lowest BCUT2D eigenvalue weighted by Crippen LogP contribution is -2.12. The Morgan fingerprint density at radius 1 is 1.22 bits per heavy atom. The van der Waals surface area contributed by atoms with Gasteiger partial charge in [0.15, 0.2) is 0 Å². The number of benzene rings is 1. The number of nitrogens with two attached hydrogens (primary N) is 1. The van der Waals surface area contributed by atoms with Crippen LogP contribution in [0.1, 0.15) is 28.2 Å². The minimum absolute atomic E-state index is 0.304. The van der Waals surface area contributed by atoms with Crippen molar-refractivity contribution in [2.24, 2.45) is 5.73 Å². The Labute approximate surface area is 133 Å². The van der Waals surface area contributed by atoms with Crippen LogP contribution in [0.4, 0.5) is 0 Å². The van der Waals surface area contributed by atoms with Crippen molar-refractivity contribution in [1.29, 1.82) is 0 Å². The SMILES string of the molecule is NC(=O)c1ccncc1-c1noc([CH]CCc2ccccc2)n1. The van der Waals surface area contributed by atoms with Crippen molar-refractivity contribution in [2.45, 2.75) is 12.8 Å². The number of aromatic nitrogens is 3. The molecule has 2 aromatic heterocycles. The summed E-state index contributed by atoms with van der Waals surface area (Å²) in [4.78, 5) is 19.7. The summed E-state index contributed by atoms with van der Waals surface area (Å²) >= 11 is 0. The molecule has 115 valence electrons. The Bertz CT molecular complexity index is 799. The van der Waals surface area contributed by atoms with E-state index in [1.807, 2.05) is 24.6 Å². The van der Waals surface area contributed by atoms with Crippen molar-refractivity contribution in [3.8, 4) is 11.4 Å². The maximum absolute atomic E-state index is 11.4. The van der Waals surface area contributed by atoms with Crippen LogP contribution in [0.2, 0.25) is 0 Å². The van der Waals surface area contributed by atoms with Crippen LogP contribution in [-0.4, -0.2) is 21.0 Å². The van der Waals surface area contributed by atoms with Gasteiger partial charge in [-0.25, -0.2) is 0 Å². The highest BCUT2D eigenvalue weighted by atomic mass is 16.5. The van der Waals surface area contributed by atoms with Crippen LogP contribution in [0.15, 0.2) is 53.3 Å². The summed E-state index contributed by atoms with van der Waals surface area (Å²) < 4.78 is 5.20. The molecule has 1 aromatic carbocycles. The van der Waals surface area contributed by atoms with Crippen LogP contribution in [0.3, 0.4) is 0 Å². The monoisotopic (exact) mass is 307 g/mol. The van der Waals surface area contributed by atoms with E-state index >= 15 is 0 Å². The van der Waals surface area contributed by atoms with E-state index in [4.69, 9.17) is 10.3 Å². The predicted octanol–water partition coefficient (Wildman–Crippen LogP) is 2.42. The summed E-state index contributed by atoms with van der Waals surface area (Å²) in [5.74, 6) is 0.162. The molecule has 0 atom stereocenters. The second-order valence-electron chi connectivity index (χ2n) is 4.97. The molecule has 3 aromatic rings. The molecule has 1 amide bonds. The van der Waals surface area contributed by atoms with Gasteiger partial charge in [0.2, 0.25) is 17.6 Å². The Balaban J connectivity index is 1.68. The highest BCUT2D eigenvalue weighted by molar-refractivity contribution is 5.98. The first-order valence-corrected chi connectivity index (χ1v) is 7.19. The van der Waals surface area contributed by atoms with Crippen molar-refractivity contribution in [3.63, 3.8) is 0 Å². The van der Waals surface area contributed by atoms with Gasteiger partial charge in [-0.15, -0.1) is 0 Å². The topological polar surface area (TPSA) is 94.9 Å². The van der Waals surface area contributed by atoms with Crippen LogP contribution < -0.4 is 5.73 Å². The minimum atomic E-state index is -0.554. The smallest absolute Gasteiger partial charge is 0.249 e. The predicted molar refractivity (Wildman–Crippen MR) is 84.2 cm³/mol. The Hall–Kier alpha value is -3.02. The van der Waals surface area contributed by atoms with Crippen molar-refractivity contribution < 1.29 is 9.32 Å². The molecule has 0 saturated carbocycles. The van der Waals surface area contributed by atoms with E-state index < -0.39 is 5.91 Å². The normalized spacial score (nSPS) is 10.6.